The molecule has 0 bridgehead atoms. The Bertz CT molecular complexity index is 467. The molecule has 2 rings (SSSR count). The summed E-state index contributed by atoms with van der Waals surface area (Å²) in [5.41, 5.74) is 1.09. The van der Waals surface area contributed by atoms with Crippen molar-refractivity contribution in [1.29, 1.82) is 0 Å². The zero-order valence-electron chi connectivity index (χ0n) is 10.6. The molecule has 4 heteroatoms. The molecule has 96 valence electrons. The van der Waals surface area contributed by atoms with Crippen LogP contribution in [-0.2, 0) is 6.54 Å². The highest BCUT2D eigenvalue weighted by atomic mass is 16.3. The van der Waals surface area contributed by atoms with Crippen LogP contribution in [0.4, 0.5) is 0 Å². The Morgan fingerprint density at radius 3 is 2.78 bits per heavy atom. The first-order valence-electron chi connectivity index (χ1n) is 6.26. The van der Waals surface area contributed by atoms with Crippen LogP contribution in [0.5, 0.6) is 0 Å². The maximum Gasteiger partial charge on any atom is 0.139 e. The quantitative estimate of drug-likeness (QED) is 0.811. The summed E-state index contributed by atoms with van der Waals surface area (Å²) in [7, 11) is 0. The van der Waals surface area contributed by atoms with Crippen molar-refractivity contribution in [3.05, 3.63) is 42.7 Å². The summed E-state index contributed by atoms with van der Waals surface area (Å²) in [6.45, 7) is 3.73. The number of likely N-dealkylation sites (N-methyl/N-ethyl adjacent to an activating group) is 1. The maximum absolute atomic E-state index is 9.32. The van der Waals surface area contributed by atoms with E-state index in [1.54, 1.807) is 6.20 Å². The van der Waals surface area contributed by atoms with Gasteiger partial charge < -0.3 is 15.0 Å². The molecule has 0 aliphatic heterocycles. The fourth-order valence-electron chi connectivity index (χ4n) is 2.02. The Kier molecular flexibility index (Phi) is 4.50. The van der Waals surface area contributed by atoms with Gasteiger partial charge in [0.1, 0.15) is 5.82 Å². The van der Waals surface area contributed by atoms with Gasteiger partial charge in [-0.05, 0) is 6.54 Å². The summed E-state index contributed by atoms with van der Waals surface area (Å²) in [6, 6.07) is 10.1. The molecular weight excluding hydrogens is 226 g/mol. The first kappa shape index (κ1) is 12.8. The normalized spacial score (nSPS) is 12.6. The van der Waals surface area contributed by atoms with Gasteiger partial charge in [-0.3, -0.25) is 0 Å². The standard InChI is InChI=1S/C14H19N3O/c1-2-15-13(11-18)10-17-9-8-16-14(17)12-6-4-3-5-7-12/h3-9,13,15,18H,2,10-11H2,1H3. The number of rotatable bonds is 6. The first-order valence-corrected chi connectivity index (χ1v) is 6.26. The molecule has 1 aromatic heterocycles. The van der Waals surface area contributed by atoms with E-state index in [-0.39, 0.29) is 12.6 Å². The number of hydrogen-bond donors (Lipinski definition) is 2. The average molecular weight is 245 g/mol. The smallest absolute Gasteiger partial charge is 0.139 e. The van der Waals surface area contributed by atoms with E-state index < -0.39 is 0 Å². The second-order valence-corrected chi connectivity index (χ2v) is 4.21. The lowest BCUT2D eigenvalue weighted by atomic mass is 10.2. The summed E-state index contributed by atoms with van der Waals surface area (Å²) < 4.78 is 2.07. The minimum absolute atomic E-state index is 0.0617. The Hall–Kier alpha value is -1.65. The average Bonchev–Trinajstić information content (AvgIpc) is 2.87. The van der Waals surface area contributed by atoms with Gasteiger partial charge in [-0.1, -0.05) is 37.3 Å². The van der Waals surface area contributed by atoms with E-state index in [4.69, 9.17) is 0 Å². The van der Waals surface area contributed by atoms with E-state index in [1.165, 1.54) is 0 Å². The van der Waals surface area contributed by atoms with Crippen LogP contribution in [0.2, 0.25) is 0 Å². The van der Waals surface area contributed by atoms with Crippen LogP contribution in [0.3, 0.4) is 0 Å². The molecule has 4 nitrogen and oxygen atoms in total. The van der Waals surface area contributed by atoms with Crippen LogP contribution < -0.4 is 5.32 Å². The van der Waals surface area contributed by atoms with Crippen LogP contribution >= 0.6 is 0 Å². The molecule has 0 saturated heterocycles. The Morgan fingerprint density at radius 1 is 1.33 bits per heavy atom. The molecule has 0 spiro atoms. The molecule has 1 aromatic carbocycles. The summed E-state index contributed by atoms with van der Waals surface area (Å²) >= 11 is 0. The molecular formula is C14H19N3O. The van der Waals surface area contributed by atoms with E-state index in [2.05, 4.69) is 14.9 Å². The van der Waals surface area contributed by atoms with Crippen LogP contribution in [0, 0.1) is 0 Å². The van der Waals surface area contributed by atoms with Gasteiger partial charge in [0.25, 0.3) is 0 Å². The minimum Gasteiger partial charge on any atom is -0.395 e. The molecule has 1 atom stereocenters. The molecule has 0 saturated carbocycles. The van der Waals surface area contributed by atoms with Crippen LogP contribution in [0.25, 0.3) is 11.4 Å². The van der Waals surface area contributed by atoms with E-state index >= 15 is 0 Å². The molecule has 0 amide bonds. The second-order valence-electron chi connectivity index (χ2n) is 4.21. The second kappa shape index (κ2) is 6.33. The van der Waals surface area contributed by atoms with Crippen molar-refractivity contribution in [3.63, 3.8) is 0 Å². The van der Waals surface area contributed by atoms with Crippen LogP contribution in [0.15, 0.2) is 42.7 Å². The van der Waals surface area contributed by atoms with Gasteiger partial charge in [-0.2, -0.15) is 0 Å². The van der Waals surface area contributed by atoms with Gasteiger partial charge in [0.05, 0.1) is 6.61 Å². The number of nitrogens with one attached hydrogen (secondary N) is 1. The highest BCUT2D eigenvalue weighted by molar-refractivity contribution is 5.55. The summed E-state index contributed by atoms with van der Waals surface area (Å²) in [5.74, 6) is 0.937. The van der Waals surface area contributed by atoms with Gasteiger partial charge in [0.2, 0.25) is 0 Å². The monoisotopic (exact) mass is 245 g/mol. The van der Waals surface area contributed by atoms with Crippen molar-refractivity contribution in [2.75, 3.05) is 13.2 Å². The summed E-state index contributed by atoms with van der Waals surface area (Å²) in [4.78, 5) is 4.39. The van der Waals surface area contributed by atoms with Crippen molar-refractivity contribution in [2.45, 2.75) is 19.5 Å². The van der Waals surface area contributed by atoms with Crippen LogP contribution in [-0.4, -0.2) is 33.9 Å². The number of imidazole rings is 1. The topological polar surface area (TPSA) is 50.1 Å². The number of aromatic nitrogens is 2. The van der Waals surface area contributed by atoms with Gasteiger partial charge in [-0.15, -0.1) is 0 Å². The van der Waals surface area contributed by atoms with E-state index in [0.717, 1.165) is 17.9 Å². The molecule has 1 unspecified atom stereocenters. The molecule has 0 fully saturated rings. The number of hydrogen-bond acceptors (Lipinski definition) is 3. The number of benzene rings is 1. The minimum atomic E-state index is 0.0617. The van der Waals surface area contributed by atoms with Gasteiger partial charge in [0.15, 0.2) is 0 Å². The third kappa shape index (κ3) is 2.97. The number of aliphatic hydroxyl groups excluding tert-OH is 1. The van der Waals surface area contributed by atoms with Crippen molar-refractivity contribution >= 4 is 0 Å². The summed E-state index contributed by atoms with van der Waals surface area (Å²) in [6.07, 6.45) is 3.74. The Labute approximate surface area is 107 Å². The Morgan fingerprint density at radius 2 is 2.11 bits per heavy atom. The predicted octanol–water partition coefficient (Wildman–Crippen LogP) is 1.52. The molecule has 1 heterocycles. The van der Waals surface area contributed by atoms with E-state index in [0.29, 0.717) is 6.54 Å². The lowest BCUT2D eigenvalue weighted by molar-refractivity contribution is 0.231. The molecule has 0 aliphatic rings. The fourth-order valence-corrected chi connectivity index (χ4v) is 2.02. The van der Waals surface area contributed by atoms with Crippen molar-refractivity contribution in [3.8, 4) is 11.4 Å². The third-order valence-corrected chi connectivity index (χ3v) is 2.88. The number of aliphatic hydroxyl groups is 1. The first-order chi connectivity index (χ1) is 8.85. The summed E-state index contributed by atoms with van der Waals surface area (Å²) in [5, 5.41) is 12.6. The molecule has 2 aromatic rings. The SMILES string of the molecule is CCNC(CO)Cn1ccnc1-c1ccccc1. The zero-order chi connectivity index (χ0) is 12.8. The zero-order valence-corrected chi connectivity index (χ0v) is 10.6. The highest BCUT2D eigenvalue weighted by Gasteiger charge is 2.10. The van der Waals surface area contributed by atoms with E-state index in [9.17, 15) is 5.11 Å². The largest absolute Gasteiger partial charge is 0.395 e. The predicted molar refractivity (Wildman–Crippen MR) is 72.2 cm³/mol. The fraction of sp³-hybridized carbons (Fsp3) is 0.357. The molecule has 0 aliphatic carbocycles. The third-order valence-electron chi connectivity index (χ3n) is 2.88. The molecule has 0 radical (unpaired) electrons. The Balaban J connectivity index is 2.18. The molecule has 18 heavy (non-hydrogen) atoms. The number of nitrogens with zero attached hydrogens (tertiary/aromatic N) is 2. The van der Waals surface area contributed by atoms with Gasteiger partial charge >= 0.3 is 0 Å². The van der Waals surface area contributed by atoms with Crippen molar-refractivity contribution in [2.24, 2.45) is 0 Å². The van der Waals surface area contributed by atoms with Gasteiger partial charge in [0, 0.05) is 30.5 Å². The van der Waals surface area contributed by atoms with E-state index in [1.807, 2.05) is 43.5 Å². The highest BCUT2D eigenvalue weighted by Crippen LogP contribution is 2.16. The van der Waals surface area contributed by atoms with Crippen molar-refractivity contribution in [1.82, 2.24) is 14.9 Å². The van der Waals surface area contributed by atoms with Crippen LogP contribution in [0.1, 0.15) is 6.92 Å². The maximum atomic E-state index is 9.32. The lowest BCUT2D eigenvalue weighted by Crippen LogP contribution is -2.36. The van der Waals surface area contributed by atoms with Crippen molar-refractivity contribution < 1.29 is 5.11 Å². The molecule has 2 N–H and O–H groups in total. The van der Waals surface area contributed by atoms with Gasteiger partial charge in [-0.25, -0.2) is 4.98 Å². The lowest BCUT2D eigenvalue weighted by Gasteiger charge is -2.17.